The molecule has 0 aliphatic carbocycles. The molecule has 2 aliphatic rings. The summed E-state index contributed by atoms with van der Waals surface area (Å²) < 4.78 is 35.2. The second-order valence-corrected chi connectivity index (χ2v) is 10.7. The number of esters is 1. The molecule has 2 aromatic rings. The summed E-state index contributed by atoms with van der Waals surface area (Å²) in [5.74, 6) is -0.173. The standard InChI is InChI=1S/C22H24N2O6S2/c1-29-20-8-7-14(21(25)30-2)9-15(20)11-23-18-12-32(27,28)13-19(18)24(22(23)26)16-5-4-6-17(10-16)31-3/h4-10,18-19H,11-13H2,1-3H3/t18-,19-/m0/s1. The van der Waals surface area contributed by atoms with Gasteiger partial charge in [0.05, 0.1) is 49.9 Å². The third-order valence-corrected chi connectivity index (χ3v) is 8.28. The van der Waals surface area contributed by atoms with Crippen molar-refractivity contribution in [2.24, 2.45) is 0 Å². The van der Waals surface area contributed by atoms with E-state index in [9.17, 15) is 18.0 Å². The Morgan fingerprint density at radius 3 is 2.56 bits per heavy atom. The van der Waals surface area contributed by atoms with E-state index in [-0.39, 0.29) is 24.1 Å². The van der Waals surface area contributed by atoms with Gasteiger partial charge in [0.1, 0.15) is 5.75 Å². The van der Waals surface area contributed by atoms with Crippen LogP contribution in [0.1, 0.15) is 15.9 Å². The smallest absolute Gasteiger partial charge is 0.337 e. The first-order chi connectivity index (χ1) is 15.3. The van der Waals surface area contributed by atoms with E-state index in [1.807, 2.05) is 30.5 Å². The van der Waals surface area contributed by atoms with Gasteiger partial charge in [0.25, 0.3) is 0 Å². The number of carbonyl (C=O) groups is 2. The van der Waals surface area contributed by atoms with Gasteiger partial charge in [-0.2, -0.15) is 0 Å². The molecule has 2 aliphatic heterocycles. The molecule has 8 nitrogen and oxygen atoms in total. The minimum Gasteiger partial charge on any atom is -0.496 e. The van der Waals surface area contributed by atoms with Gasteiger partial charge in [0.2, 0.25) is 0 Å². The fraction of sp³-hybridized carbons (Fsp3) is 0.364. The van der Waals surface area contributed by atoms with E-state index in [0.29, 0.717) is 22.6 Å². The predicted octanol–water partition coefficient (Wildman–Crippen LogP) is 2.81. The number of hydrogen-bond acceptors (Lipinski definition) is 7. The number of sulfone groups is 1. The van der Waals surface area contributed by atoms with Crippen molar-refractivity contribution in [1.82, 2.24) is 4.90 Å². The monoisotopic (exact) mass is 476 g/mol. The molecule has 4 rings (SSSR count). The van der Waals surface area contributed by atoms with E-state index in [1.165, 1.54) is 14.2 Å². The molecule has 0 bridgehead atoms. The minimum atomic E-state index is -3.30. The number of hydrogen-bond donors (Lipinski definition) is 0. The van der Waals surface area contributed by atoms with Crippen LogP contribution in [0, 0.1) is 0 Å². The molecule has 0 aromatic heterocycles. The lowest BCUT2D eigenvalue weighted by Crippen LogP contribution is -2.37. The van der Waals surface area contributed by atoms with Crippen molar-refractivity contribution in [1.29, 1.82) is 0 Å². The van der Waals surface area contributed by atoms with Crippen LogP contribution >= 0.6 is 11.8 Å². The number of anilines is 1. The van der Waals surface area contributed by atoms with Crippen molar-refractivity contribution >= 4 is 39.3 Å². The molecule has 2 aromatic carbocycles. The first-order valence-corrected chi connectivity index (χ1v) is 13.0. The molecule has 0 unspecified atom stereocenters. The van der Waals surface area contributed by atoms with Crippen molar-refractivity contribution in [3.8, 4) is 5.75 Å². The van der Waals surface area contributed by atoms with Gasteiger partial charge >= 0.3 is 12.0 Å². The van der Waals surface area contributed by atoms with Gasteiger partial charge in [-0.25, -0.2) is 18.0 Å². The number of nitrogens with zero attached hydrogens (tertiary/aromatic N) is 2. The highest BCUT2D eigenvalue weighted by Crippen LogP contribution is 2.38. The summed E-state index contributed by atoms with van der Waals surface area (Å²) in [7, 11) is -0.496. The molecular formula is C22H24N2O6S2. The molecule has 2 heterocycles. The van der Waals surface area contributed by atoms with Crippen LogP contribution < -0.4 is 9.64 Å². The van der Waals surface area contributed by atoms with Crippen molar-refractivity contribution < 1.29 is 27.5 Å². The summed E-state index contributed by atoms with van der Waals surface area (Å²) in [6, 6.07) is 11.1. The van der Waals surface area contributed by atoms with Crippen LogP contribution in [0.2, 0.25) is 0 Å². The lowest BCUT2D eigenvalue weighted by Gasteiger charge is -2.24. The molecule has 2 amide bonds. The Balaban J connectivity index is 1.73. The Hall–Kier alpha value is -2.72. The van der Waals surface area contributed by atoms with Gasteiger partial charge < -0.3 is 14.4 Å². The maximum Gasteiger partial charge on any atom is 0.337 e. The molecule has 0 N–H and O–H groups in total. The van der Waals surface area contributed by atoms with E-state index in [0.717, 1.165) is 4.90 Å². The van der Waals surface area contributed by atoms with E-state index < -0.39 is 27.9 Å². The van der Waals surface area contributed by atoms with E-state index in [2.05, 4.69) is 0 Å². The zero-order chi connectivity index (χ0) is 23.0. The third kappa shape index (κ3) is 4.04. The Morgan fingerprint density at radius 2 is 1.88 bits per heavy atom. The Kier molecular flexibility index (Phi) is 6.09. The summed E-state index contributed by atoms with van der Waals surface area (Å²) in [6.07, 6.45) is 1.95. The number of urea groups is 1. The SMILES string of the molecule is COC(=O)c1ccc(OC)c(CN2C(=O)N(c3cccc(SC)c3)[C@H]3CS(=O)(=O)C[C@@H]32)c1. The van der Waals surface area contributed by atoms with Gasteiger partial charge in [-0.1, -0.05) is 6.07 Å². The first-order valence-electron chi connectivity index (χ1n) is 9.97. The molecule has 0 spiro atoms. The average Bonchev–Trinajstić information content (AvgIpc) is 3.22. The summed E-state index contributed by atoms with van der Waals surface area (Å²) in [5.41, 5.74) is 1.60. The maximum atomic E-state index is 13.5. The van der Waals surface area contributed by atoms with E-state index in [4.69, 9.17) is 9.47 Å². The third-order valence-electron chi connectivity index (χ3n) is 5.85. The molecule has 10 heteroatoms. The second-order valence-electron chi connectivity index (χ2n) is 7.71. The molecule has 0 radical (unpaired) electrons. The average molecular weight is 477 g/mol. The normalized spacial score (nSPS) is 21.5. The number of methoxy groups -OCH3 is 2. The quantitative estimate of drug-likeness (QED) is 0.360. The molecule has 0 saturated carbocycles. The van der Waals surface area contributed by atoms with Gasteiger partial charge in [-0.3, -0.25) is 4.90 Å². The van der Waals surface area contributed by atoms with Crippen LogP contribution in [-0.2, 0) is 21.1 Å². The van der Waals surface area contributed by atoms with E-state index in [1.54, 1.807) is 39.8 Å². The molecule has 2 atom stereocenters. The fourth-order valence-corrected chi connectivity index (χ4v) is 6.76. The zero-order valence-electron chi connectivity index (χ0n) is 18.0. The predicted molar refractivity (Wildman–Crippen MR) is 122 cm³/mol. The number of ether oxygens (including phenoxy) is 2. The van der Waals surface area contributed by atoms with Gasteiger partial charge in [-0.05, 0) is 42.7 Å². The Bertz CT molecular complexity index is 1170. The Morgan fingerprint density at radius 1 is 1.12 bits per heavy atom. The summed E-state index contributed by atoms with van der Waals surface area (Å²) in [5, 5.41) is 0. The number of carbonyl (C=O) groups excluding carboxylic acids is 2. The van der Waals surface area contributed by atoms with E-state index >= 15 is 0 Å². The van der Waals surface area contributed by atoms with Crippen molar-refractivity contribution in [3.63, 3.8) is 0 Å². The lowest BCUT2D eigenvalue weighted by molar-refractivity contribution is 0.0600. The van der Waals surface area contributed by atoms with Crippen LogP contribution in [-0.4, -0.2) is 69.4 Å². The van der Waals surface area contributed by atoms with Crippen LogP contribution in [0.15, 0.2) is 47.4 Å². The van der Waals surface area contributed by atoms with Crippen molar-refractivity contribution in [3.05, 3.63) is 53.6 Å². The molecule has 2 saturated heterocycles. The highest BCUT2D eigenvalue weighted by molar-refractivity contribution is 7.98. The number of fused-ring (bicyclic) bond motifs is 1. The first kappa shape index (κ1) is 22.5. The number of thioether (sulfide) groups is 1. The number of amides is 2. The molecular weight excluding hydrogens is 452 g/mol. The topological polar surface area (TPSA) is 93.2 Å². The fourth-order valence-electron chi connectivity index (χ4n) is 4.35. The van der Waals surface area contributed by atoms with Gasteiger partial charge in [-0.15, -0.1) is 11.8 Å². The van der Waals surface area contributed by atoms with Crippen molar-refractivity contribution in [2.75, 3.05) is 36.9 Å². The van der Waals surface area contributed by atoms with Crippen LogP contribution in [0.3, 0.4) is 0 Å². The highest BCUT2D eigenvalue weighted by atomic mass is 32.2. The second kappa shape index (κ2) is 8.67. The summed E-state index contributed by atoms with van der Waals surface area (Å²) in [4.78, 5) is 29.7. The van der Waals surface area contributed by atoms with Crippen molar-refractivity contribution in [2.45, 2.75) is 23.5 Å². The summed E-state index contributed by atoms with van der Waals surface area (Å²) >= 11 is 1.55. The summed E-state index contributed by atoms with van der Waals surface area (Å²) in [6.45, 7) is 0.113. The number of benzene rings is 2. The van der Waals surface area contributed by atoms with Crippen LogP contribution in [0.25, 0.3) is 0 Å². The minimum absolute atomic E-state index is 0.0806. The van der Waals surface area contributed by atoms with Crippen LogP contribution in [0.5, 0.6) is 5.75 Å². The molecule has 170 valence electrons. The van der Waals surface area contributed by atoms with Gasteiger partial charge in [0, 0.05) is 16.1 Å². The molecule has 32 heavy (non-hydrogen) atoms. The highest BCUT2D eigenvalue weighted by Gasteiger charge is 2.54. The lowest BCUT2D eigenvalue weighted by atomic mass is 10.1. The maximum absolute atomic E-state index is 13.5. The Labute approximate surface area is 191 Å². The number of rotatable bonds is 6. The van der Waals surface area contributed by atoms with Crippen LogP contribution in [0.4, 0.5) is 10.5 Å². The largest absolute Gasteiger partial charge is 0.496 e. The zero-order valence-corrected chi connectivity index (χ0v) is 19.6. The molecule has 2 fully saturated rings. The van der Waals surface area contributed by atoms with Gasteiger partial charge in [0.15, 0.2) is 9.84 Å².